The molecular weight excluding hydrogens is 182 g/mol. The Morgan fingerprint density at radius 1 is 1.13 bits per heavy atom. The first-order valence-corrected chi connectivity index (χ1v) is 5.33. The summed E-state index contributed by atoms with van der Waals surface area (Å²) < 4.78 is 0. The summed E-state index contributed by atoms with van der Waals surface area (Å²) in [6.07, 6.45) is 7.66. The topological polar surface area (TPSA) is 26.0 Å². The summed E-state index contributed by atoms with van der Waals surface area (Å²) in [5, 5.41) is 0. The molecule has 0 aliphatic heterocycles. The van der Waals surface area contributed by atoms with Crippen LogP contribution in [-0.2, 0) is 0 Å². The number of nitrogens with two attached hydrogens (primary N) is 1. The van der Waals surface area contributed by atoms with Gasteiger partial charge < -0.3 is 5.73 Å². The van der Waals surface area contributed by atoms with E-state index < -0.39 is 0 Å². The molecule has 0 fully saturated rings. The second kappa shape index (κ2) is 3.58. The highest BCUT2D eigenvalue weighted by Gasteiger charge is 2.24. The molecular formula is C14H17N. The van der Waals surface area contributed by atoms with E-state index in [1.807, 2.05) is 12.1 Å². The Hall–Kier alpha value is -1.50. The van der Waals surface area contributed by atoms with E-state index in [2.05, 4.69) is 44.2 Å². The molecule has 0 spiro atoms. The van der Waals surface area contributed by atoms with Gasteiger partial charge in [-0.15, -0.1) is 0 Å². The molecule has 0 amide bonds. The van der Waals surface area contributed by atoms with Gasteiger partial charge in [0.05, 0.1) is 0 Å². The highest BCUT2D eigenvalue weighted by atomic mass is 14.5. The summed E-state index contributed by atoms with van der Waals surface area (Å²) >= 11 is 0. The first-order valence-electron chi connectivity index (χ1n) is 5.33. The van der Waals surface area contributed by atoms with Crippen molar-refractivity contribution in [2.24, 2.45) is 5.41 Å². The van der Waals surface area contributed by atoms with Gasteiger partial charge >= 0.3 is 0 Å². The number of allylic oxidation sites excluding steroid dienone is 4. The van der Waals surface area contributed by atoms with Crippen LogP contribution >= 0.6 is 0 Å². The van der Waals surface area contributed by atoms with Crippen LogP contribution in [0.3, 0.4) is 0 Å². The second-order valence-corrected chi connectivity index (χ2v) is 4.72. The van der Waals surface area contributed by atoms with E-state index in [1.54, 1.807) is 0 Å². The zero-order valence-electron chi connectivity index (χ0n) is 9.33. The fraction of sp³-hybridized carbons (Fsp3) is 0.286. The minimum atomic E-state index is 0.227. The molecule has 15 heavy (non-hydrogen) atoms. The van der Waals surface area contributed by atoms with Crippen LogP contribution in [0, 0.1) is 5.41 Å². The lowest BCUT2D eigenvalue weighted by molar-refractivity contribution is 0.506. The van der Waals surface area contributed by atoms with E-state index in [9.17, 15) is 0 Å². The summed E-state index contributed by atoms with van der Waals surface area (Å²) in [6, 6.07) is 8.12. The van der Waals surface area contributed by atoms with Crippen molar-refractivity contribution in [3.05, 3.63) is 48.1 Å². The largest absolute Gasteiger partial charge is 0.399 e. The molecule has 78 valence electrons. The minimum absolute atomic E-state index is 0.227. The van der Waals surface area contributed by atoms with Crippen LogP contribution in [0.5, 0.6) is 0 Å². The molecule has 0 heterocycles. The maximum Gasteiger partial charge on any atom is 0.0314 e. The highest BCUT2D eigenvalue weighted by Crippen LogP contribution is 2.40. The monoisotopic (exact) mass is 199 g/mol. The Labute approximate surface area is 91.3 Å². The fourth-order valence-corrected chi connectivity index (χ4v) is 2.01. The van der Waals surface area contributed by atoms with Crippen LogP contribution in [0.4, 0.5) is 5.69 Å². The number of hydrogen-bond donors (Lipinski definition) is 1. The van der Waals surface area contributed by atoms with Gasteiger partial charge in [-0.3, -0.25) is 0 Å². The van der Waals surface area contributed by atoms with Gasteiger partial charge in [0.15, 0.2) is 0 Å². The van der Waals surface area contributed by atoms with Crippen LogP contribution in [0.2, 0.25) is 0 Å². The van der Waals surface area contributed by atoms with Crippen molar-refractivity contribution < 1.29 is 0 Å². The van der Waals surface area contributed by atoms with Crippen LogP contribution in [-0.4, -0.2) is 0 Å². The van der Waals surface area contributed by atoms with Crippen LogP contribution < -0.4 is 5.73 Å². The molecule has 1 aliphatic carbocycles. The van der Waals surface area contributed by atoms with Crippen molar-refractivity contribution in [3.8, 4) is 0 Å². The molecule has 0 bridgehead atoms. The first kappa shape index (κ1) is 10.0. The standard InChI is InChI=1S/C14H17N/c1-14(2)10-4-3-5-13(14)11-6-8-12(15)9-7-11/h3-9H,10,15H2,1-2H3. The van der Waals surface area contributed by atoms with Gasteiger partial charge in [-0.2, -0.15) is 0 Å². The Kier molecular flexibility index (Phi) is 2.39. The molecule has 0 saturated heterocycles. The van der Waals surface area contributed by atoms with Crippen molar-refractivity contribution in [1.29, 1.82) is 0 Å². The first-order chi connectivity index (χ1) is 7.09. The average molecular weight is 199 g/mol. The molecule has 1 nitrogen and oxygen atoms in total. The van der Waals surface area contributed by atoms with Crippen molar-refractivity contribution >= 4 is 11.3 Å². The fourth-order valence-electron chi connectivity index (χ4n) is 2.01. The van der Waals surface area contributed by atoms with E-state index in [0.29, 0.717) is 0 Å². The number of hydrogen-bond acceptors (Lipinski definition) is 1. The molecule has 1 aromatic rings. The summed E-state index contributed by atoms with van der Waals surface area (Å²) in [7, 11) is 0. The van der Waals surface area contributed by atoms with Crippen molar-refractivity contribution in [2.75, 3.05) is 5.73 Å². The Morgan fingerprint density at radius 2 is 1.80 bits per heavy atom. The predicted molar refractivity (Wildman–Crippen MR) is 66.4 cm³/mol. The third-order valence-corrected chi connectivity index (χ3v) is 2.98. The summed E-state index contributed by atoms with van der Waals surface area (Å²) in [4.78, 5) is 0. The molecule has 2 rings (SSSR count). The van der Waals surface area contributed by atoms with Crippen LogP contribution in [0.1, 0.15) is 25.8 Å². The van der Waals surface area contributed by atoms with E-state index in [1.165, 1.54) is 11.1 Å². The molecule has 0 radical (unpaired) electrons. The van der Waals surface area contributed by atoms with Gasteiger partial charge in [0, 0.05) is 5.69 Å². The van der Waals surface area contributed by atoms with Crippen molar-refractivity contribution in [3.63, 3.8) is 0 Å². The Bertz CT molecular complexity index is 407. The molecule has 0 saturated carbocycles. The molecule has 2 N–H and O–H groups in total. The van der Waals surface area contributed by atoms with E-state index in [-0.39, 0.29) is 5.41 Å². The maximum atomic E-state index is 5.69. The zero-order chi connectivity index (χ0) is 10.9. The van der Waals surface area contributed by atoms with E-state index in [4.69, 9.17) is 5.73 Å². The normalized spacial score (nSPS) is 18.7. The lowest BCUT2D eigenvalue weighted by Crippen LogP contribution is -2.14. The van der Waals surface area contributed by atoms with E-state index in [0.717, 1.165) is 12.1 Å². The van der Waals surface area contributed by atoms with Gasteiger partial charge in [-0.05, 0) is 35.1 Å². The molecule has 1 aromatic carbocycles. The number of rotatable bonds is 1. The van der Waals surface area contributed by atoms with Gasteiger partial charge in [-0.1, -0.05) is 44.2 Å². The van der Waals surface area contributed by atoms with Crippen LogP contribution in [0.25, 0.3) is 5.57 Å². The van der Waals surface area contributed by atoms with Gasteiger partial charge in [-0.25, -0.2) is 0 Å². The molecule has 0 atom stereocenters. The zero-order valence-corrected chi connectivity index (χ0v) is 9.33. The minimum Gasteiger partial charge on any atom is -0.399 e. The average Bonchev–Trinajstić information content (AvgIpc) is 2.19. The molecule has 0 aromatic heterocycles. The maximum absolute atomic E-state index is 5.69. The Morgan fingerprint density at radius 3 is 2.40 bits per heavy atom. The third kappa shape index (κ3) is 1.96. The third-order valence-electron chi connectivity index (χ3n) is 2.98. The van der Waals surface area contributed by atoms with Gasteiger partial charge in [0.1, 0.15) is 0 Å². The predicted octanol–water partition coefficient (Wildman–Crippen LogP) is 3.64. The summed E-state index contributed by atoms with van der Waals surface area (Å²) in [5.74, 6) is 0. The summed E-state index contributed by atoms with van der Waals surface area (Å²) in [5.41, 5.74) is 9.41. The van der Waals surface area contributed by atoms with E-state index >= 15 is 0 Å². The molecule has 1 aliphatic rings. The molecule has 1 heteroatoms. The SMILES string of the molecule is CC1(C)CC=CC=C1c1ccc(N)cc1. The number of benzene rings is 1. The lowest BCUT2D eigenvalue weighted by Gasteiger charge is -2.29. The van der Waals surface area contributed by atoms with Crippen LogP contribution in [0.15, 0.2) is 42.5 Å². The Balaban J connectivity index is 2.41. The van der Waals surface area contributed by atoms with Gasteiger partial charge in [0.2, 0.25) is 0 Å². The lowest BCUT2D eigenvalue weighted by atomic mass is 9.75. The second-order valence-electron chi connectivity index (χ2n) is 4.72. The van der Waals surface area contributed by atoms with Gasteiger partial charge in [0.25, 0.3) is 0 Å². The van der Waals surface area contributed by atoms with Crippen molar-refractivity contribution in [2.45, 2.75) is 20.3 Å². The smallest absolute Gasteiger partial charge is 0.0314 e. The summed E-state index contributed by atoms with van der Waals surface area (Å²) in [6.45, 7) is 4.55. The van der Waals surface area contributed by atoms with Crippen molar-refractivity contribution in [1.82, 2.24) is 0 Å². The number of nitrogen functional groups attached to an aromatic ring is 1. The highest BCUT2D eigenvalue weighted by molar-refractivity contribution is 5.73. The quantitative estimate of drug-likeness (QED) is 0.686. The number of anilines is 1. The molecule has 0 unspecified atom stereocenters.